The SMILES string of the molecule is O=C(O)C(O)(C(=O)O)C(O)C(O)CO. The number of aliphatic carboxylic acids is 2. The van der Waals surface area contributed by atoms with E-state index in [2.05, 4.69) is 0 Å². The Labute approximate surface area is 77.7 Å². The van der Waals surface area contributed by atoms with Crippen LogP contribution in [0.5, 0.6) is 0 Å². The molecule has 0 aliphatic heterocycles. The van der Waals surface area contributed by atoms with E-state index in [0.717, 1.165) is 0 Å². The Morgan fingerprint density at radius 3 is 1.71 bits per heavy atom. The van der Waals surface area contributed by atoms with Gasteiger partial charge >= 0.3 is 11.9 Å². The van der Waals surface area contributed by atoms with Gasteiger partial charge in [-0.3, -0.25) is 0 Å². The number of hydrogen-bond acceptors (Lipinski definition) is 6. The topological polar surface area (TPSA) is 156 Å². The first-order valence-electron chi connectivity index (χ1n) is 3.44. The molecule has 2 unspecified atom stereocenters. The van der Waals surface area contributed by atoms with Gasteiger partial charge in [0.15, 0.2) is 0 Å². The summed E-state index contributed by atoms with van der Waals surface area (Å²) in [4.78, 5) is 20.7. The molecule has 0 aromatic rings. The van der Waals surface area contributed by atoms with E-state index >= 15 is 0 Å². The highest BCUT2D eigenvalue weighted by Crippen LogP contribution is 2.15. The van der Waals surface area contributed by atoms with Crippen molar-refractivity contribution >= 4 is 11.9 Å². The number of carboxylic acid groups (broad SMARTS) is 2. The predicted molar refractivity (Wildman–Crippen MR) is 39.3 cm³/mol. The molecule has 6 N–H and O–H groups in total. The van der Waals surface area contributed by atoms with E-state index in [1.54, 1.807) is 0 Å². The molecular formula is C6H10O8. The summed E-state index contributed by atoms with van der Waals surface area (Å²) in [5.74, 6) is -4.46. The van der Waals surface area contributed by atoms with Crippen LogP contribution < -0.4 is 0 Å². The molecular weight excluding hydrogens is 200 g/mol. The second kappa shape index (κ2) is 4.33. The van der Waals surface area contributed by atoms with Crippen molar-refractivity contribution in [1.82, 2.24) is 0 Å². The molecule has 8 heteroatoms. The number of carboxylic acids is 2. The fourth-order valence-corrected chi connectivity index (χ4v) is 0.723. The van der Waals surface area contributed by atoms with Crippen LogP contribution in [0.15, 0.2) is 0 Å². The van der Waals surface area contributed by atoms with Crippen LogP contribution in [0.4, 0.5) is 0 Å². The van der Waals surface area contributed by atoms with E-state index in [9.17, 15) is 9.59 Å². The summed E-state index contributed by atoms with van der Waals surface area (Å²) < 4.78 is 0. The third kappa shape index (κ3) is 1.99. The van der Waals surface area contributed by atoms with Crippen molar-refractivity contribution in [3.63, 3.8) is 0 Å². The van der Waals surface area contributed by atoms with E-state index < -0.39 is 36.4 Å². The molecule has 0 saturated heterocycles. The first-order valence-corrected chi connectivity index (χ1v) is 3.44. The zero-order valence-corrected chi connectivity index (χ0v) is 6.86. The van der Waals surface area contributed by atoms with Gasteiger partial charge in [0, 0.05) is 0 Å². The second-order valence-electron chi connectivity index (χ2n) is 2.57. The van der Waals surface area contributed by atoms with Gasteiger partial charge in [-0.15, -0.1) is 0 Å². The summed E-state index contributed by atoms with van der Waals surface area (Å²) in [5, 5.41) is 51.7. The normalized spacial score (nSPS) is 16.0. The molecule has 0 amide bonds. The van der Waals surface area contributed by atoms with E-state index in [1.807, 2.05) is 0 Å². The Bertz CT molecular complexity index is 222. The minimum atomic E-state index is -3.54. The molecule has 14 heavy (non-hydrogen) atoms. The Morgan fingerprint density at radius 1 is 1.14 bits per heavy atom. The highest BCUT2D eigenvalue weighted by atomic mass is 16.5. The van der Waals surface area contributed by atoms with E-state index in [-0.39, 0.29) is 0 Å². The van der Waals surface area contributed by atoms with Gasteiger partial charge in [-0.25, -0.2) is 9.59 Å². The molecule has 0 rings (SSSR count). The van der Waals surface area contributed by atoms with Gasteiger partial charge in [-0.2, -0.15) is 0 Å². The molecule has 2 atom stereocenters. The summed E-state index contributed by atoms with van der Waals surface area (Å²) in [6.45, 7) is -1.08. The zero-order chi connectivity index (χ0) is 11.5. The fourth-order valence-electron chi connectivity index (χ4n) is 0.723. The van der Waals surface area contributed by atoms with Gasteiger partial charge in [-0.05, 0) is 0 Å². The van der Waals surface area contributed by atoms with Gasteiger partial charge in [0.05, 0.1) is 6.61 Å². The Balaban J connectivity index is 5.02. The molecule has 0 aromatic heterocycles. The second-order valence-corrected chi connectivity index (χ2v) is 2.57. The molecule has 8 nitrogen and oxygen atoms in total. The molecule has 0 saturated carbocycles. The van der Waals surface area contributed by atoms with Gasteiger partial charge in [0.25, 0.3) is 5.60 Å². The summed E-state index contributed by atoms with van der Waals surface area (Å²) in [6, 6.07) is 0. The van der Waals surface area contributed by atoms with Crippen LogP contribution >= 0.6 is 0 Å². The summed E-state index contributed by atoms with van der Waals surface area (Å²) in [7, 11) is 0. The summed E-state index contributed by atoms with van der Waals surface area (Å²) in [5.41, 5.74) is -3.54. The zero-order valence-electron chi connectivity index (χ0n) is 6.86. The molecule has 0 spiro atoms. The first-order chi connectivity index (χ1) is 6.28. The van der Waals surface area contributed by atoms with Crippen LogP contribution in [0.2, 0.25) is 0 Å². The largest absolute Gasteiger partial charge is 0.479 e. The maximum absolute atomic E-state index is 10.3. The highest BCUT2D eigenvalue weighted by molar-refractivity contribution is 6.02. The number of hydrogen-bond donors (Lipinski definition) is 6. The number of carbonyl (C=O) groups is 2. The van der Waals surface area contributed by atoms with Crippen molar-refractivity contribution in [2.24, 2.45) is 0 Å². The third-order valence-corrected chi connectivity index (χ3v) is 1.63. The molecule has 0 radical (unpaired) electrons. The maximum atomic E-state index is 10.3. The van der Waals surface area contributed by atoms with Crippen molar-refractivity contribution in [3.8, 4) is 0 Å². The summed E-state index contributed by atoms with van der Waals surface area (Å²) >= 11 is 0. The van der Waals surface area contributed by atoms with Crippen LogP contribution in [-0.4, -0.2) is 67.0 Å². The molecule has 82 valence electrons. The minimum Gasteiger partial charge on any atom is -0.479 e. The number of aliphatic hydroxyl groups is 4. The van der Waals surface area contributed by atoms with Crippen molar-refractivity contribution in [3.05, 3.63) is 0 Å². The lowest BCUT2D eigenvalue weighted by Gasteiger charge is -2.26. The first kappa shape index (κ1) is 12.8. The quantitative estimate of drug-likeness (QED) is 0.256. The highest BCUT2D eigenvalue weighted by Gasteiger charge is 2.54. The van der Waals surface area contributed by atoms with E-state index in [1.165, 1.54) is 0 Å². The average Bonchev–Trinajstić information content (AvgIpc) is 2.13. The predicted octanol–water partition coefficient (Wildman–Crippen LogP) is -3.40. The van der Waals surface area contributed by atoms with Crippen molar-refractivity contribution in [1.29, 1.82) is 0 Å². The minimum absolute atomic E-state index is 1.08. The van der Waals surface area contributed by atoms with Crippen LogP contribution in [0.1, 0.15) is 0 Å². The molecule has 0 aliphatic carbocycles. The molecule has 0 fully saturated rings. The van der Waals surface area contributed by atoms with Crippen LogP contribution in [0.25, 0.3) is 0 Å². The van der Waals surface area contributed by atoms with Crippen molar-refractivity contribution in [2.45, 2.75) is 17.8 Å². The van der Waals surface area contributed by atoms with E-state index in [4.69, 9.17) is 30.6 Å². The fraction of sp³-hybridized carbons (Fsp3) is 0.667. The van der Waals surface area contributed by atoms with Crippen LogP contribution in [-0.2, 0) is 9.59 Å². The Hall–Kier alpha value is -1.22. The third-order valence-electron chi connectivity index (χ3n) is 1.63. The monoisotopic (exact) mass is 210 g/mol. The molecule has 0 bridgehead atoms. The smallest absolute Gasteiger partial charge is 0.350 e. The number of aliphatic hydroxyl groups excluding tert-OH is 3. The molecule has 0 aromatic carbocycles. The van der Waals surface area contributed by atoms with Crippen LogP contribution in [0.3, 0.4) is 0 Å². The van der Waals surface area contributed by atoms with Gasteiger partial charge in [0.2, 0.25) is 0 Å². The average molecular weight is 210 g/mol. The van der Waals surface area contributed by atoms with E-state index in [0.29, 0.717) is 0 Å². The maximum Gasteiger partial charge on any atom is 0.350 e. The van der Waals surface area contributed by atoms with Gasteiger partial charge < -0.3 is 30.6 Å². The molecule has 0 heterocycles. The van der Waals surface area contributed by atoms with Gasteiger partial charge in [0.1, 0.15) is 12.2 Å². The Kier molecular flexibility index (Phi) is 3.95. The molecule has 0 aliphatic rings. The lowest BCUT2D eigenvalue weighted by atomic mass is 9.93. The lowest BCUT2D eigenvalue weighted by molar-refractivity contribution is -0.198. The lowest BCUT2D eigenvalue weighted by Crippen LogP contribution is -2.60. The van der Waals surface area contributed by atoms with Crippen molar-refractivity contribution < 1.29 is 40.2 Å². The summed E-state index contributed by atoms with van der Waals surface area (Å²) in [6.07, 6.45) is -4.59. The van der Waals surface area contributed by atoms with Crippen molar-refractivity contribution in [2.75, 3.05) is 6.61 Å². The standard InChI is InChI=1S/C6H10O8/c7-1-2(8)3(9)6(14,4(10)11)5(12)13/h2-3,7-9,14H,1H2,(H,10,11)(H,12,13). The number of rotatable bonds is 5. The van der Waals surface area contributed by atoms with Crippen LogP contribution in [0, 0.1) is 0 Å². The Morgan fingerprint density at radius 2 is 1.50 bits per heavy atom. The van der Waals surface area contributed by atoms with Gasteiger partial charge in [-0.1, -0.05) is 0 Å².